The van der Waals surface area contributed by atoms with E-state index in [1.807, 2.05) is 18.2 Å². The molecule has 1 aliphatic carbocycles. The molecule has 0 saturated heterocycles. The SMILES string of the molecule is CCCOc1cccc(C(=O)NC2(CN)CCCCC2)c1. The van der Waals surface area contributed by atoms with Gasteiger partial charge in [0.05, 0.1) is 12.1 Å². The van der Waals surface area contributed by atoms with Crippen LogP contribution in [-0.4, -0.2) is 24.6 Å². The lowest BCUT2D eigenvalue weighted by molar-refractivity contribution is 0.0874. The number of carbonyl (C=O) groups excluding carboxylic acids is 1. The largest absolute Gasteiger partial charge is 0.494 e. The molecule has 1 saturated carbocycles. The number of hydrogen-bond donors (Lipinski definition) is 2. The van der Waals surface area contributed by atoms with Gasteiger partial charge in [-0.3, -0.25) is 4.79 Å². The molecule has 1 fully saturated rings. The molecule has 116 valence electrons. The summed E-state index contributed by atoms with van der Waals surface area (Å²) in [6.45, 7) is 3.23. The van der Waals surface area contributed by atoms with Gasteiger partial charge in [-0.2, -0.15) is 0 Å². The van der Waals surface area contributed by atoms with Crippen LogP contribution in [0.3, 0.4) is 0 Å². The molecule has 2 rings (SSSR count). The monoisotopic (exact) mass is 290 g/mol. The first-order valence-corrected chi connectivity index (χ1v) is 7.94. The third-order valence-corrected chi connectivity index (χ3v) is 4.15. The molecule has 4 heteroatoms. The van der Waals surface area contributed by atoms with Crippen molar-refractivity contribution < 1.29 is 9.53 Å². The van der Waals surface area contributed by atoms with Crippen molar-refractivity contribution in [3.63, 3.8) is 0 Å². The van der Waals surface area contributed by atoms with E-state index in [9.17, 15) is 4.79 Å². The molecule has 1 amide bonds. The summed E-state index contributed by atoms with van der Waals surface area (Å²) in [7, 11) is 0. The van der Waals surface area contributed by atoms with Crippen LogP contribution in [-0.2, 0) is 0 Å². The molecule has 0 radical (unpaired) electrons. The van der Waals surface area contributed by atoms with Crippen molar-refractivity contribution in [3.05, 3.63) is 29.8 Å². The first kappa shape index (κ1) is 15.8. The van der Waals surface area contributed by atoms with E-state index in [-0.39, 0.29) is 11.4 Å². The second-order valence-corrected chi connectivity index (χ2v) is 5.88. The quantitative estimate of drug-likeness (QED) is 0.846. The lowest BCUT2D eigenvalue weighted by Crippen LogP contribution is -2.54. The predicted octanol–water partition coefficient (Wildman–Crippen LogP) is 2.87. The maximum Gasteiger partial charge on any atom is 0.251 e. The number of amides is 1. The van der Waals surface area contributed by atoms with Crippen molar-refractivity contribution >= 4 is 5.91 Å². The van der Waals surface area contributed by atoms with Gasteiger partial charge in [-0.25, -0.2) is 0 Å². The molecular formula is C17H26N2O2. The van der Waals surface area contributed by atoms with Crippen LogP contribution in [0.4, 0.5) is 0 Å². The van der Waals surface area contributed by atoms with E-state index in [0.29, 0.717) is 18.7 Å². The zero-order valence-electron chi connectivity index (χ0n) is 12.9. The highest BCUT2D eigenvalue weighted by Crippen LogP contribution is 2.27. The third-order valence-electron chi connectivity index (χ3n) is 4.15. The fourth-order valence-electron chi connectivity index (χ4n) is 2.87. The van der Waals surface area contributed by atoms with Crippen LogP contribution < -0.4 is 15.8 Å². The van der Waals surface area contributed by atoms with E-state index in [1.165, 1.54) is 6.42 Å². The van der Waals surface area contributed by atoms with Gasteiger partial charge in [0, 0.05) is 12.1 Å². The van der Waals surface area contributed by atoms with Gasteiger partial charge in [-0.15, -0.1) is 0 Å². The molecule has 0 heterocycles. The summed E-state index contributed by atoms with van der Waals surface area (Å²) < 4.78 is 5.58. The van der Waals surface area contributed by atoms with E-state index >= 15 is 0 Å². The molecule has 21 heavy (non-hydrogen) atoms. The van der Waals surface area contributed by atoms with Crippen LogP contribution in [0.15, 0.2) is 24.3 Å². The van der Waals surface area contributed by atoms with Gasteiger partial charge in [0.15, 0.2) is 0 Å². The Morgan fingerprint density at radius 1 is 1.33 bits per heavy atom. The van der Waals surface area contributed by atoms with Crippen molar-refractivity contribution in [2.24, 2.45) is 5.73 Å². The van der Waals surface area contributed by atoms with Crippen molar-refractivity contribution in [1.82, 2.24) is 5.32 Å². The van der Waals surface area contributed by atoms with E-state index in [2.05, 4.69) is 12.2 Å². The molecule has 3 N–H and O–H groups in total. The summed E-state index contributed by atoms with van der Waals surface area (Å²) in [5, 5.41) is 3.16. The minimum absolute atomic E-state index is 0.0516. The van der Waals surface area contributed by atoms with E-state index in [1.54, 1.807) is 6.07 Å². The van der Waals surface area contributed by atoms with Gasteiger partial charge in [0.25, 0.3) is 5.91 Å². The Morgan fingerprint density at radius 3 is 2.76 bits per heavy atom. The minimum atomic E-state index is -0.227. The molecule has 0 aromatic heterocycles. The molecule has 1 aliphatic rings. The number of benzene rings is 1. The number of nitrogens with two attached hydrogens (primary N) is 1. The second kappa shape index (κ2) is 7.46. The normalized spacial score (nSPS) is 17.2. The highest BCUT2D eigenvalue weighted by Gasteiger charge is 2.32. The Balaban J connectivity index is 2.05. The van der Waals surface area contributed by atoms with E-state index in [0.717, 1.165) is 37.9 Å². The minimum Gasteiger partial charge on any atom is -0.494 e. The second-order valence-electron chi connectivity index (χ2n) is 5.88. The maximum atomic E-state index is 12.5. The zero-order valence-corrected chi connectivity index (χ0v) is 12.9. The summed E-state index contributed by atoms with van der Waals surface area (Å²) in [5.74, 6) is 0.694. The summed E-state index contributed by atoms with van der Waals surface area (Å²) in [6, 6.07) is 7.36. The molecule has 4 nitrogen and oxygen atoms in total. The predicted molar refractivity (Wildman–Crippen MR) is 84.6 cm³/mol. The molecule has 0 atom stereocenters. The van der Waals surface area contributed by atoms with Crippen LogP contribution >= 0.6 is 0 Å². The van der Waals surface area contributed by atoms with Gasteiger partial charge in [-0.05, 0) is 37.5 Å². The van der Waals surface area contributed by atoms with Gasteiger partial charge in [0.1, 0.15) is 5.75 Å². The first-order chi connectivity index (χ1) is 10.2. The standard InChI is InChI=1S/C17H26N2O2/c1-2-11-21-15-8-6-7-14(12-15)16(20)19-17(13-18)9-4-3-5-10-17/h6-8,12H,2-5,9-11,13,18H2,1H3,(H,19,20). The lowest BCUT2D eigenvalue weighted by Gasteiger charge is -2.37. The molecule has 0 unspecified atom stereocenters. The highest BCUT2D eigenvalue weighted by atomic mass is 16.5. The van der Waals surface area contributed by atoms with Crippen LogP contribution in [0.2, 0.25) is 0 Å². The van der Waals surface area contributed by atoms with Gasteiger partial charge in [-0.1, -0.05) is 32.3 Å². The van der Waals surface area contributed by atoms with Crippen LogP contribution in [0.1, 0.15) is 55.8 Å². The van der Waals surface area contributed by atoms with Crippen LogP contribution in [0.25, 0.3) is 0 Å². The Kier molecular flexibility index (Phi) is 5.62. The van der Waals surface area contributed by atoms with Crippen molar-refractivity contribution in [1.29, 1.82) is 0 Å². The fraction of sp³-hybridized carbons (Fsp3) is 0.588. The van der Waals surface area contributed by atoms with Gasteiger partial charge >= 0.3 is 0 Å². The fourth-order valence-corrected chi connectivity index (χ4v) is 2.87. The summed E-state index contributed by atoms with van der Waals surface area (Å²) >= 11 is 0. The Morgan fingerprint density at radius 2 is 2.10 bits per heavy atom. The lowest BCUT2D eigenvalue weighted by atomic mass is 9.81. The zero-order chi connectivity index (χ0) is 15.1. The van der Waals surface area contributed by atoms with E-state index < -0.39 is 0 Å². The first-order valence-electron chi connectivity index (χ1n) is 7.94. The third kappa shape index (κ3) is 4.21. The average Bonchev–Trinajstić information content (AvgIpc) is 2.54. The van der Waals surface area contributed by atoms with Crippen molar-refractivity contribution in [2.45, 2.75) is 51.0 Å². The summed E-state index contributed by atoms with van der Waals surface area (Å²) in [6.07, 6.45) is 6.40. The Labute approximate surface area is 127 Å². The number of ether oxygens (including phenoxy) is 1. The highest BCUT2D eigenvalue weighted by molar-refractivity contribution is 5.95. The van der Waals surface area contributed by atoms with Crippen molar-refractivity contribution in [2.75, 3.05) is 13.2 Å². The average molecular weight is 290 g/mol. The molecule has 0 bridgehead atoms. The van der Waals surface area contributed by atoms with Crippen LogP contribution in [0, 0.1) is 0 Å². The van der Waals surface area contributed by atoms with Crippen LogP contribution in [0.5, 0.6) is 5.75 Å². The van der Waals surface area contributed by atoms with Gasteiger partial charge in [0.2, 0.25) is 0 Å². The molecule has 0 spiro atoms. The Hall–Kier alpha value is -1.55. The summed E-state index contributed by atoms with van der Waals surface area (Å²) in [5.41, 5.74) is 6.33. The number of rotatable bonds is 6. The molecule has 0 aliphatic heterocycles. The maximum absolute atomic E-state index is 12.5. The van der Waals surface area contributed by atoms with E-state index in [4.69, 9.17) is 10.5 Å². The molecule has 1 aromatic rings. The number of hydrogen-bond acceptors (Lipinski definition) is 3. The Bertz CT molecular complexity index is 468. The topological polar surface area (TPSA) is 64.3 Å². The number of nitrogens with one attached hydrogen (secondary N) is 1. The summed E-state index contributed by atoms with van der Waals surface area (Å²) in [4.78, 5) is 12.5. The molecule has 1 aromatic carbocycles. The van der Waals surface area contributed by atoms with Gasteiger partial charge < -0.3 is 15.8 Å². The number of carbonyl (C=O) groups is 1. The van der Waals surface area contributed by atoms with Crippen molar-refractivity contribution in [3.8, 4) is 5.75 Å². The molecular weight excluding hydrogens is 264 g/mol. The smallest absolute Gasteiger partial charge is 0.251 e.